The Morgan fingerprint density at radius 1 is 0.609 bits per heavy atom. The maximum Gasteiger partial charge on any atom is 0.139 e. The molecule has 0 fully saturated rings. The van der Waals surface area contributed by atoms with Crippen LogP contribution in [0.4, 0.5) is 0 Å². The molecule has 140 valence electrons. The summed E-state index contributed by atoms with van der Waals surface area (Å²) in [5.41, 5.74) is 6.35. The SMILES string of the molecule is CCCCCCCCCCCCCCCC(N)[N+](C)(C)CCC. The van der Waals surface area contributed by atoms with Crippen molar-refractivity contribution in [3.8, 4) is 0 Å². The number of hydrogen-bond acceptors (Lipinski definition) is 1. The number of nitrogens with two attached hydrogens (primary N) is 1. The molecule has 0 spiro atoms. The highest BCUT2D eigenvalue weighted by Crippen LogP contribution is 2.15. The molecule has 0 rings (SSSR count). The molecule has 0 saturated heterocycles. The van der Waals surface area contributed by atoms with Gasteiger partial charge in [-0.3, -0.25) is 5.73 Å². The van der Waals surface area contributed by atoms with Gasteiger partial charge in [0.05, 0.1) is 20.6 Å². The Balaban J connectivity index is 3.27. The van der Waals surface area contributed by atoms with Crippen LogP contribution in [0, 0.1) is 0 Å². The Kier molecular flexibility index (Phi) is 15.4. The molecule has 1 unspecified atom stereocenters. The lowest BCUT2D eigenvalue weighted by Gasteiger charge is -2.35. The van der Waals surface area contributed by atoms with Crippen LogP contribution in [0.5, 0.6) is 0 Å². The van der Waals surface area contributed by atoms with Gasteiger partial charge in [0.1, 0.15) is 6.17 Å². The van der Waals surface area contributed by atoms with Crippen LogP contribution in [0.25, 0.3) is 0 Å². The molecule has 0 aliphatic heterocycles. The van der Waals surface area contributed by atoms with E-state index in [4.69, 9.17) is 5.73 Å². The molecule has 1 atom stereocenters. The second-order valence-electron chi connectivity index (χ2n) is 8.10. The van der Waals surface area contributed by atoms with Gasteiger partial charge in [-0.1, -0.05) is 90.9 Å². The van der Waals surface area contributed by atoms with Gasteiger partial charge in [0.2, 0.25) is 0 Å². The van der Waals surface area contributed by atoms with Gasteiger partial charge in [-0.25, -0.2) is 0 Å². The van der Waals surface area contributed by atoms with Gasteiger partial charge < -0.3 is 4.48 Å². The molecule has 0 heterocycles. The summed E-state index contributed by atoms with van der Waals surface area (Å²) >= 11 is 0. The van der Waals surface area contributed by atoms with Gasteiger partial charge >= 0.3 is 0 Å². The van der Waals surface area contributed by atoms with E-state index in [0.29, 0.717) is 6.17 Å². The zero-order valence-electron chi connectivity index (χ0n) is 16.9. The highest BCUT2D eigenvalue weighted by atomic mass is 15.4. The molecule has 0 aromatic rings. The maximum absolute atomic E-state index is 6.35. The van der Waals surface area contributed by atoms with Crippen molar-refractivity contribution in [2.45, 2.75) is 116 Å². The normalized spacial score (nSPS) is 13.4. The Morgan fingerprint density at radius 3 is 1.39 bits per heavy atom. The molecule has 2 heteroatoms. The predicted octanol–water partition coefficient (Wildman–Crippen LogP) is 6.24. The fraction of sp³-hybridized carbons (Fsp3) is 1.00. The summed E-state index contributed by atoms with van der Waals surface area (Å²) in [4.78, 5) is 0. The minimum atomic E-state index is 0.322. The van der Waals surface area contributed by atoms with Crippen LogP contribution in [0.3, 0.4) is 0 Å². The highest BCUT2D eigenvalue weighted by molar-refractivity contribution is 4.53. The standard InChI is InChI=1S/C21H47N2/c1-5-7-8-9-10-11-12-13-14-15-16-17-18-19-21(22)23(3,4)20-6-2/h21H,5-20,22H2,1-4H3/q+1. The monoisotopic (exact) mass is 327 g/mol. The van der Waals surface area contributed by atoms with Crippen molar-refractivity contribution < 1.29 is 4.48 Å². The van der Waals surface area contributed by atoms with Crippen molar-refractivity contribution in [2.24, 2.45) is 5.73 Å². The lowest BCUT2D eigenvalue weighted by molar-refractivity contribution is -0.915. The predicted molar refractivity (Wildman–Crippen MR) is 106 cm³/mol. The molecule has 23 heavy (non-hydrogen) atoms. The van der Waals surface area contributed by atoms with Crippen LogP contribution in [0.1, 0.15) is 110 Å². The lowest BCUT2D eigenvalue weighted by atomic mass is 10.0. The van der Waals surface area contributed by atoms with E-state index in [1.54, 1.807) is 0 Å². The number of quaternary nitrogens is 1. The third-order valence-electron chi connectivity index (χ3n) is 5.30. The van der Waals surface area contributed by atoms with E-state index in [1.807, 2.05) is 0 Å². The minimum Gasteiger partial charge on any atom is -0.314 e. The molecule has 0 bridgehead atoms. The fourth-order valence-corrected chi connectivity index (χ4v) is 3.46. The Morgan fingerprint density at radius 2 is 1.00 bits per heavy atom. The first-order valence-electron chi connectivity index (χ1n) is 10.6. The second kappa shape index (κ2) is 15.4. The molecule has 0 amide bonds. The van der Waals surface area contributed by atoms with Gasteiger partial charge in [0, 0.05) is 6.42 Å². The summed E-state index contributed by atoms with van der Waals surface area (Å²) in [5.74, 6) is 0. The molecule has 2 N–H and O–H groups in total. The molecule has 0 saturated carbocycles. The van der Waals surface area contributed by atoms with E-state index in [0.717, 1.165) is 4.48 Å². The first-order chi connectivity index (χ1) is 11.0. The van der Waals surface area contributed by atoms with Gasteiger partial charge in [0.15, 0.2) is 0 Å². The first kappa shape index (κ1) is 22.9. The first-order valence-corrected chi connectivity index (χ1v) is 10.6. The van der Waals surface area contributed by atoms with Crippen molar-refractivity contribution in [3.63, 3.8) is 0 Å². The average Bonchev–Trinajstić information content (AvgIpc) is 2.51. The van der Waals surface area contributed by atoms with E-state index >= 15 is 0 Å². The van der Waals surface area contributed by atoms with Gasteiger partial charge in [-0.2, -0.15) is 0 Å². The van der Waals surface area contributed by atoms with Gasteiger partial charge in [0.25, 0.3) is 0 Å². The van der Waals surface area contributed by atoms with Crippen LogP contribution < -0.4 is 5.73 Å². The highest BCUT2D eigenvalue weighted by Gasteiger charge is 2.22. The Bertz CT molecular complexity index is 238. The summed E-state index contributed by atoms with van der Waals surface area (Å²) in [7, 11) is 4.55. The van der Waals surface area contributed by atoms with E-state index in [1.165, 1.54) is 103 Å². The van der Waals surface area contributed by atoms with Crippen LogP contribution in [-0.4, -0.2) is 31.3 Å². The lowest BCUT2D eigenvalue weighted by Crippen LogP contribution is -2.54. The van der Waals surface area contributed by atoms with Crippen molar-refractivity contribution in [3.05, 3.63) is 0 Å². The Labute approximate surface area is 147 Å². The summed E-state index contributed by atoms with van der Waals surface area (Å²) < 4.78 is 0.981. The van der Waals surface area contributed by atoms with Gasteiger partial charge in [-0.05, 0) is 12.8 Å². The zero-order valence-corrected chi connectivity index (χ0v) is 16.9. The van der Waals surface area contributed by atoms with Crippen molar-refractivity contribution >= 4 is 0 Å². The molecule has 0 aromatic carbocycles. The largest absolute Gasteiger partial charge is 0.314 e. The van der Waals surface area contributed by atoms with Crippen molar-refractivity contribution in [1.29, 1.82) is 0 Å². The average molecular weight is 328 g/mol. The third-order valence-corrected chi connectivity index (χ3v) is 5.30. The van der Waals surface area contributed by atoms with Crippen LogP contribution in [0.15, 0.2) is 0 Å². The van der Waals surface area contributed by atoms with E-state index in [9.17, 15) is 0 Å². The van der Waals surface area contributed by atoms with E-state index in [2.05, 4.69) is 27.9 Å². The van der Waals surface area contributed by atoms with Crippen molar-refractivity contribution in [1.82, 2.24) is 0 Å². The maximum atomic E-state index is 6.35. The topological polar surface area (TPSA) is 26.0 Å². The summed E-state index contributed by atoms with van der Waals surface area (Å²) in [6.45, 7) is 5.73. The molecular formula is C21H47N2+. The zero-order chi connectivity index (χ0) is 17.4. The molecule has 0 aliphatic rings. The number of nitrogens with zero attached hydrogens (tertiary/aromatic N) is 1. The Hall–Kier alpha value is -0.0800. The van der Waals surface area contributed by atoms with Crippen molar-refractivity contribution in [2.75, 3.05) is 20.6 Å². The molecule has 0 radical (unpaired) electrons. The van der Waals surface area contributed by atoms with E-state index < -0.39 is 0 Å². The molecule has 2 nitrogen and oxygen atoms in total. The van der Waals surface area contributed by atoms with Gasteiger partial charge in [-0.15, -0.1) is 0 Å². The summed E-state index contributed by atoms with van der Waals surface area (Å²) in [5, 5.41) is 0. The fourth-order valence-electron chi connectivity index (χ4n) is 3.46. The quantitative estimate of drug-likeness (QED) is 0.191. The minimum absolute atomic E-state index is 0.322. The van der Waals surface area contributed by atoms with E-state index in [-0.39, 0.29) is 0 Å². The number of hydrogen-bond donors (Lipinski definition) is 1. The third kappa shape index (κ3) is 14.0. The van der Waals surface area contributed by atoms with Crippen LogP contribution >= 0.6 is 0 Å². The van der Waals surface area contributed by atoms with Crippen LogP contribution in [0.2, 0.25) is 0 Å². The molecular weight excluding hydrogens is 280 g/mol. The number of unbranched alkanes of at least 4 members (excludes halogenated alkanes) is 12. The molecule has 0 aliphatic carbocycles. The number of rotatable bonds is 17. The summed E-state index contributed by atoms with van der Waals surface area (Å²) in [6.07, 6.45) is 21.2. The smallest absolute Gasteiger partial charge is 0.139 e. The molecule has 0 aromatic heterocycles. The second-order valence-corrected chi connectivity index (χ2v) is 8.10. The summed E-state index contributed by atoms with van der Waals surface area (Å²) in [6, 6.07) is 0. The van der Waals surface area contributed by atoms with Crippen LogP contribution in [-0.2, 0) is 0 Å².